The second-order valence-electron chi connectivity index (χ2n) is 15.1. The van der Waals surface area contributed by atoms with Gasteiger partial charge in [0.15, 0.2) is 0 Å². The molecule has 0 aliphatic rings. The second kappa shape index (κ2) is 28.6. The van der Waals surface area contributed by atoms with E-state index in [0.29, 0.717) is 25.2 Å². The molecule has 14 heteroatoms. The summed E-state index contributed by atoms with van der Waals surface area (Å²) in [7, 11) is 0. The van der Waals surface area contributed by atoms with Crippen LogP contribution in [0.4, 0.5) is 0 Å². The Morgan fingerprint density at radius 2 is 0.803 bits per heavy atom. The number of carbonyl (C=O) groups is 4. The molecule has 14 nitrogen and oxygen atoms in total. The monoisotopic (exact) mass is 896 g/mol. The van der Waals surface area contributed by atoms with Gasteiger partial charge in [-0.05, 0) is 63.2 Å². The normalized spacial score (nSPS) is 10.8. The van der Waals surface area contributed by atoms with E-state index in [2.05, 4.69) is 107 Å². The smallest absolute Gasteiger partial charge is 0.328 e. The van der Waals surface area contributed by atoms with Crippen LogP contribution in [-0.2, 0) is 32.3 Å². The van der Waals surface area contributed by atoms with Crippen molar-refractivity contribution in [1.82, 2.24) is 40.0 Å². The molecule has 0 saturated carbocycles. The molecular weight excluding hydrogens is 833 g/mol. The third kappa shape index (κ3) is 17.1. The molecule has 0 radical (unpaired) electrons. The lowest BCUT2D eigenvalue weighted by atomic mass is 10.0. The van der Waals surface area contributed by atoms with Crippen molar-refractivity contribution in [2.24, 2.45) is 0 Å². The predicted molar refractivity (Wildman–Crippen MR) is 261 cm³/mol. The number of aliphatic carboxylic acids is 2. The van der Waals surface area contributed by atoms with Crippen LogP contribution in [-0.4, -0.2) is 116 Å². The highest BCUT2D eigenvalue weighted by molar-refractivity contribution is 5.89. The van der Waals surface area contributed by atoms with E-state index in [1.165, 1.54) is 0 Å². The maximum absolute atomic E-state index is 12.5. The maximum atomic E-state index is 12.5. The van der Waals surface area contributed by atoms with Gasteiger partial charge < -0.3 is 30.6 Å². The maximum Gasteiger partial charge on any atom is 0.328 e. The van der Waals surface area contributed by atoms with Crippen molar-refractivity contribution in [2.75, 3.05) is 52.4 Å². The molecule has 4 N–H and O–H groups in total. The van der Waals surface area contributed by atoms with Crippen molar-refractivity contribution in [2.45, 2.75) is 53.6 Å². The van der Waals surface area contributed by atoms with Crippen LogP contribution in [0, 0.1) is 0 Å². The molecule has 0 atom stereocenters. The summed E-state index contributed by atoms with van der Waals surface area (Å²) >= 11 is 0. The largest absolute Gasteiger partial charge is 0.478 e. The zero-order valence-corrected chi connectivity index (χ0v) is 38.6. The Balaban J connectivity index is 0.000000248. The van der Waals surface area contributed by atoms with E-state index in [9.17, 15) is 19.2 Å². The Morgan fingerprint density at radius 3 is 1.09 bits per heavy atom. The summed E-state index contributed by atoms with van der Waals surface area (Å²) in [5, 5.41) is 30.8. The summed E-state index contributed by atoms with van der Waals surface area (Å²) in [6.07, 6.45) is 6.72. The molecular formula is C52H64N8O6. The Morgan fingerprint density at radius 1 is 0.500 bits per heavy atom. The van der Waals surface area contributed by atoms with E-state index in [1.54, 1.807) is 9.36 Å². The molecule has 2 heterocycles. The minimum absolute atomic E-state index is 0.00978. The summed E-state index contributed by atoms with van der Waals surface area (Å²) in [6, 6.07) is 40.6. The molecule has 348 valence electrons. The Labute approximate surface area is 388 Å². The molecule has 0 fully saturated rings. The number of carboxylic acid groups (broad SMARTS) is 2. The minimum Gasteiger partial charge on any atom is -0.478 e. The van der Waals surface area contributed by atoms with Crippen LogP contribution >= 0.6 is 0 Å². The highest BCUT2D eigenvalue weighted by atomic mass is 16.4. The van der Waals surface area contributed by atoms with Crippen molar-refractivity contribution < 1.29 is 29.4 Å². The number of hydrogen-bond acceptors (Lipinski definition) is 8. The SMILES string of the molecule is CCN(CC)CCCNC(=O)Cn1ncc(-c2ccccc2)c1-c1ccccc1.CCN(CC)CCCNC(=O)Cn1ncc(-c2ccccc2)c1-c1ccccc1.O=C(O)C=CC(=O)O. The van der Waals surface area contributed by atoms with Gasteiger partial charge in [0, 0.05) is 47.5 Å². The van der Waals surface area contributed by atoms with Crippen LogP contribution < -0.4 is 10.6 Å². The topological polar surface area (TPSA) is 175 Å². The van der Waals surface area contributed by atoms with Crippen molar-refractivity contribution in [3.05, 3.63) is 146 Å². The average Bonchev–Trinajstić information content (AvgIpc) is 3.96. The number of nitrogens with zero attached hydrogens (tertiary/aromatic N) is 6. The lowest BCUT2D eigenvalue weighted by Gasteiger charge is -2.17. The molecule has 2 amide bonds. The minimum atomic E-state index is -1.26. The van der Waals surface area contributed by atoms with Crippen LogP contribution in [0.5, 0.6) is 0 Å². The van der Waals surface area contributed by atoms with Gasteiger partial charge >= 0.3 is 11.9 Å². The summed E-state index contributed by atoms with van der Waals surface area (Å²) in [5.74, 6) is -2.53. The molecule has 0 bridgehead atoms. The number of carbonyl (C=O) groups excluding carboxylic acids is 2. The van der Waals surface area contributed by atoms with Gasteiger partial charge in [-0.2, -0.15) is 10.2 Å². The van der Waals surface area contributed by atoms with E-state index in [4.69, 9.17) is 10.2 Å². The molecule has 0 aliphatic carbocycles. The fourth-order valence-electron chi connectivity index (χ4n) is 7.14. The summed E-state index contributed by atoms with van der Waals surface area (Å²) in [4.78, 5) is 48.9. The number of carboxylic acids is 2. The number of benzene rings is 4. The standard InChI is InChI=1S/2C24H30N4O.C4H4O4/c2*1-3-27(4-2)17-11-16-25-23(29)19-28-24(21-14-9-6-10-15-21)22(18-26-28)20-12-7-5-8-13-20;5-3(6)1-2-4(7)8/h2*5-10,12-15,18H,3-4,11,16-17,19H2,1-2H3,(H,25,29);1-2H,(H,5,6)(H,7,8). The number of nitrogens with one attached hydrogen (secondary N) is 2. The van der Waals surface area contributed by atoms with Crippen LogP contribution in [0.3, 0.4) is 0 Å². The Bertz CT molecular complexity index is 2210. The first kappa shape index (κ1) is 51.5. The van der Waals surface area contributed by atoms with Crippen molar-refractivity contribution in [3.8, 4) is 44.8 Å². The highest BCUT2D eigenvalue weighted by Crippen LogP contribution is 2.33. The van der Waals surface area contributed by atoms with Gasteiger partial charge in [0.05, 0.1) is 23.8 Å². The van der Waals surface area contributed by atoms with Gasteiger partial charge in [-0.15, -0.1) is 0 Å². The summed E-state index contributed by atoms with van der Waals surface area (Å²) in [5.41, 5.74) is 8.30. The van der Waals surface area contributed by atoms with Gasteiger partial charge in [-0.3, -0.25) is 19.0 Å². The lowest BCUT2D eigenvalue weighted by molar-refractivity contribution is -0.134. The first-order chi connectivity index (χ1) is 32.1. The quantitative estimate of drug-likeness (QED) is 0.0388. The molecule has 0 saturated heterocycles. The van der Waals surface area contributed by atoms with E-state index in [1.807, 2.05) is 85.2 Å². The van der Waals surface area contributed by atoms with Crippen LogP contribution in [0.25, 0.3) is 44.8 Å². The highest BCUT2D eigenvalue weighted by Gasteiger charge is 2.18. The first-order valence-electron chi connectivity index (χ1n) is 22.5. The van der Waals surface area contributed by atoms with Gasteiger partial charge in [0.25, 0.3) is 0 Å². The fraction of sp³-hybridized carbons (Fsp3) is 0.308. The zero-order chi connectivity index (χ0) is 47.5. The molecule has 2 aromatic heterocycles. The third-order valence-corrected chi connectivity index (χ3v) is 10.6. The van der Waals surface area contributed by atoms with Gasteiger partial charge in [0.1, 0.15) is 13.1 Å². The molecule has 6 aromatic rings. The molecule has 66 heavy (non-hydrogen) atoms. The number of amides is 2. The van der Waals surface area contributed by atoms with Gasteiger partial charge in [-0.25, -0.2) is 9.59 Å². The zero-order valence-electron chi connectivity index (χ0n) is 38.6. The van der Waals surface area contributed by atoms with Crippen molar-refractivity contribution >= 4 is 23.8 Å². The molecule has 4 aromatic carbocycles. The molecule has 0 aliphatic heterocycles. The van der Waals surface area contributed by atoms with E-state index in [0.717, 1.165) is 96.9 Å². The Kier molecular flexibility index (Phi) is 22.3. The van der Waals surface area contributed by atoms with E-state index in [-0.39, 0.29) is 24.9 Å². The molecule has 6 rings (SSSR count). The third-order valence-electron chi connectivity index (χ3n) is 10.6. The van der Waals surface area contributed by atoms with Crippen LogP contribution in [0.2, 0.25) is 0 Å². The number of aromatic nitrogens is 4. The first-order valence-corrected chi connectivity index (χ1v) is 22.5. The fourth-order valence-corrected chi connectivity index (χ4v) is 7.14. The Hall–Kier alpha value is -7.16. The lowest BCUT2D eigenvalue weighted by Crippen LogP contribution is -2.32. The summed E-state index contributed by atoms with van der Waals surface area (Å²) in [6.45, 7) is 16.6. The van der Waals surface area contributed by atoms with Gasteiger partial charge in [-0.1, -0.05) is 149 Å². The van der Waals surface area contributed by atoms with Crippen molar-refractivity contribution in [1.29, 1.82) is 0 Å². The molecule has 0 spiro atoms. The van der Waals surface area contributed by atoms with E-state index < -0.39 is 11.9 Å². The van der Waals surface area contributed by atoms with Crippen LogP contribution in [0.1, 0.15) is 40.5 Å². The number of hydrogen-bond donors (Lipinski definition) is 4. The number of rotatable bonds is 22. The average molecular weight is 897 g/mol. The second-order valence-corrected chi connectivity index (χ2v) is 15.1. The predicted octanol–water partition coefficient (Wildman–Crippen LogP) is 7.84. The van der Waals surface area contributed by atoms with Gasteiger partial charge in [0.2, 0.25) is 11.8 Å². The van der Waals surface area contributed by atoms with Crippen LogP contribution in [0.15, 0.2) is 146 Å². The molecule has 0 unspecified atom stereocenters. The van der Waals surface area contributed by atoms with E-state index >= 15 is 0 Å². The van der Waals surface area contributed by atoms with Crippen molar-refractivity contribution in [3.63, 3.8) is 0 Å². The summed E-state index contributed by atoms with van der Waals surface area (Å²) < 4.78 is 3.61.